The van der Waals surface area contributed by atoms with Gasteiger partial charge in [-0.05, 0) is 55.5 Å². The van der Waals surface area contributed by atoms with Crippen LogP contribution < -0.4 is 5.32 Å². The van der Waals surface area contributed by atoms with Crippen LogP contribution in [0.2, 0.25) is 10.0 Å². The monoisotopic (exact) mass is 413 g/mol. The highest BCUT2D eigenvalue weighted by Gasteiger charge is 2.13. The van der Waals surface area contributed by atoms with Gasteiger partial charge in [-0.3, -0.25) is 0 Å². The lowest BCUT2D eigenvalue weighted by Gasteiger charge is -2.06. The number of rotatable bonds is 4. The summed E-state index contributed by atoms with van der Waals surface area (Å²) >= 11 is 12.4. The molecule has 4 rings (SSSR count). The van der Waals surface area contributed by atoms with Gasteiger partial charge in [-0.15, -0.1) is 0 Å². The highest BCUT2D eigenvalue weighted by Crippen LogP contribution is 2.28. The Balaban J connectivity index is 1.67. The molecule has 0 fully saturated rings. The minimum Gasteiger partial charge on any atom is -0.324 e. The molecule has 0 aliphatic carbocycles. The van der Waals surface area contributed by atoms with Gasteiger partial charge in [-0.25, -0.2) is 19.0 Å². The molecule has 0 amide bonds. The van der Waals surface area contributed by atoms with Crippen LogP contribution in [0.15, 0.2) is 60.9 Å². The highest BCUT2D eigenvalue weighted by molar-refractivity contribution is 6.34. The van der Waals surface area contributed by atoms with Crippen LogP contribution in [0, 0.1) is 12.7 Å². The molecule has 0 aliphatic rings. The number of aryl methyl sites for hydroxylation is 1. The number of halogens is 3. The summed E-state index contributed by atoms with van der Waals surface area (Å²) in [4.78, 5) is 8.76. The number of benzene rings is 2. The van der Waals surface area contributed by atoms with Crippen LogP contribution in [-0.2, 0) is 0 Å². The predicted molar refractivity (Wildman–Crippen MR) is 109 cm³/mol. The van der Waals surface area contributed by atoms with Crippen LogP contribution >= 0.6 is 23.2 Å². The zero-order valence-electron chi connectivity index (χ0n) is 14.7. The zero-order chi connectivity index (χ0) is 19.7. The molecule has 0 unspecified atom stereocenters. The Kier molecular flexibility index (Phi) is 4.98. The number of nitrogens with one attached hydrogen (secondary N) is 1. The van der Waals surface area contributed by atoms with E-state index in [0.29, 0.717) is 33.1 Å². The van der Waals surface area contributed by atoms with Crippen molar-refractivity contribution in [1.29, 1.82) is 0 Å². The van der Waals surface area contributed by atoms with Crippen molar-refractivity contribution in [2.24, 2.45) is 0 Å². The van der Waals surface area contributed by atoms with Gasteiger partial charge in [-0.2, -0.15) is 5.10 Å². The number of anilines is 2. The standard InChI is InChI=1S/C20H14Cl2FN5/c1-12-16(11-28(27-12)19-10-13(21)2-7-17(19)22)18-8-9-24-20(26-18)25-15-5-3-14(23)4-6-15/h2-11H,1H3,(H,24,25,26). The topological polar surface area (TPSA) is 55.6 Å². The molecule has 0 atom stereocenters. The predicted octanol–water partition coefficient (Wildman–Crippen LogP) is 5.83. The molecule has 0 saturated carbocycles. The summed E-state index contributed by atoms with van der Waals surface area (Å²) in [7, 11) is 0. The quantitative estimate of drug-likeness (QED) is 0.457. The lowest BCUT2D eigenvalue weighted by atomic mass is 10.2. The molecule has 5 nitrogen and oxygen atoms in total. The van der Waals surface area contributed by atoms with Crippen LogP contribution in [0.5, 0.6) is 0 Å². The van der Waals surface area contributed by atoms with Crippen molar-refractivity contribution in [3.8, 4) is 16.9 Å². The first-order valence-corrected chi connectivity index (χ1v) is 9.13. The normalized spacial score (nSPS) is 10.9. The van der Waals surface area contributed by atoms with E-state index in [1.807, 2.05) is 13.1 Å². The third kappa shape index (κ3) is 3.83. The summed E-state index contributed by atoms with van der Waals surface area (Å²) in [5.41, 5.74) is 3.68. The van der Waals surface area contributed by atoms with E-state index in [-0.39, 0.29) is 5.82 Å². The molecule has 0 bridgehead atoms. The van der Waals surface area contributed by atoms with E-state index in [4.69, 9.17) is 23.2 Å². The van der Waals surface area contributed by atoms with Gasteiger partial charge in [0.15, 0.2) is 0 Å². The van der Waals surface area contributed by atoms with Crippen LogP contribution in [0.3, 0.4) is 0 Å². The van der Waals surface area contributed by atoms with Gasteiger partial charge in [0, 0.05) is 28.7 Å². The molecule has 0 radical (unpaired) electrons. The maximum atomic E-state index is 13.1. The third-order valence-corrected chi connectivity index (χ3v) is 4.64. The van der Waals surface area contributed by atoms with Crippen LogP contribution in [0.1, 0.15) is 5.69 Å². The van der Waals surface area contributed by atoms with Crippen LogP contribution in [0.4, 0.5) is 16.0 Å². The van der Waals surface area contributed by atoms with Crippen molar-refractivity contribution < 1.29 is 4.39 Å². The molecule has 28 heavy (non-hydrogen) atoms. The fourth-order valence-electron chi connectivity index (χ4n) is 2.73. The molecule has 0 aliphatic heterocycles. The SMILES string of the molecule is Cc1nn(-c2cc(Cl)ccc2Cl)cc1-c1ccnc(Nc2ccc(F)cc2)n1. The Labute approximate surface area is 170 Å². The molecule has 2 aromatic carbocycles. The fraction of sp³-hybridized carbons (Fsp3) is 0.0500. The maximum Gasteiger partial charge on any atom is 0.227 e. The number of nitrogens with zero attached hydrogens (tertiary/aromatic N) is 4. The summed E-state index contributed by atoms with van der Waals surface area (Å²) in [5.74, 6) is 0.0972. The lowest BCUT2D eigenvalue weighted by molar-refractivity contribution is 0.628. The molecule has 140 valence electrons. The van der Waals surface area contributed by atoms with Crippen molar-refractivity contribution in [1.82, 2.24) is 19.7 Å². The maximum absolute atomic E-state index is 13.1. The molecule has 8 heteroatoms. The minimum atomic E-state index is -0.303. The fourth-order valence-corrected chi connectivity index (χ4v) is 3.10. The second-order valence-corrected chi connectivity index (χ2v) is 6.91. The van der Waals surface area contributed by atoms with Crippen molar-refractivity contribution in [3.63, 3.8) is 0 Å². The number of aromatic nitrogens is 4. The van der Waals surface area contributed by atoms with E-state index < -0.39 is 0 Å². The van der Waals surface area contributed by atoms with Gasteiger partial charge >= 0.3 is 0 Å². The van der Waals surface area contributed by atoms with Gasteiger partial charge in [0.25, 0.3) is 0 Å². The molecular weight excluding hydrogens is 400 g/mol. The molecule has 2 heterocycles. The average Bonchev–Trinajstić information content (AvgIpc) is 3.07. The second-order valence-electron chi connectivity index (χ2n) is 6.07. The van der Waals surface area contributed by atoms with E-state index in [2.05, 4.69) is 20.4 Å². The number of hydrogen-bond acceptors (Lipinski definition) is 4. The second kappa shape index (κ2) is 7.58. The van der Waals surface area contributed by atoms with E-state index in [0.717, 1.165) is 11.3 Å². The lowest BCUT2D eigenvalue weighted by Crippen LogP contribution is -1.98. The van der Waals surface area contributed by atoms with E-state index in [1.165, 1.54) is 12.1 Å². The first-order valence-electron chi connectivity index (χ1n) is 8.37. The van der Waals surface area contributed by atoms with Gasteiger partial charge in [0.2, 0.25) is 5.95 Å². The van der Waals surface area contributed by atoms with Gasteiger partial charge in [0.05, 0.1) is 22.1 Å². The Bertz CT molecular complexity index is 1140. The highest BCUT2D eigenvalue weighted by atomic mass is 35.5. The Morgan fingerprint density at radius 3 is 2.61 bits per heavy atom. The van der Waals surface area contributed by atoms with Gasteiger partial charge in [-0.1, -0.05) is 23.2 Å². The molecule has 0 saturated heterocycles. The molecule has 4 aromatic rings. The zero-order valence-corrected chi connectivity index (χ0v) is 16.2. The van der Waals surface area contributed by atoms with E-state index in [9.17, 15) is 4.39 Å². The molecular formula is C20H14Cl2FN5. The first kappa shape index (κ1) is 18.4. The molecule has 1 N–H and O–H groups in total. The van der Waals surface area contributed by atoms with Gasteiger partial charge in [0.1, 0.15) is 5.82 Å². The summed E-state index contributed by atoms with van der Waals surface area (Å²) in [5, 5.41) is 8.71. The van der Waals surface area contributed by atoms with Crippen molar-refractivity contribution in [2.75, 3.05) is 5.32 Å². The van der Waals surface area contributed by atoms with Crippen molar-refractivity contribution in [2.45, 2.75) is 6.92 Å². The Hall–Kier alpha value is -2.96. The Morgan fingerprint density at radius 2 is 1.82 bits per heavy atom. The summed E-state index contributed by atoms with van der Waals surface area (Å²) in [6.45, 7) is 1.89. The summed E-state index contributed by atoms with van der Waals surface area (Å²) < 4.78 is 14.7. The van der Waals surface area contributed by atoms with Crippen molar-refractivity contribution in [3.05, 3.63) is 82.5 Å². The van der Waals surface area contributed by atoms with Crippen LogP contribution in [0.25, 0.3) is 16.9 Å². The van der Waals surface area contributed by atoms with E-state index >= 15 is 0 Å². The molecule has 0 spiro atoms. The summed E-state index contributed by atoms with van der Waals surface area (Å²) in [6, 6.07) is 13.0. The minimum absolute atomic E-state index is 0.303. The Morgan fingerprint density at radius 1 is 1.04 bits per heavy atom. The average molecular weight is 414 g/mol. The van der Waals surface area contributed by atoms with Gasteiger partial charge < -0.3 is 5.32 Å². The molecule has 2 aromatic heterocycles. The smallest absolute Gasteiger partial charge is 0.227 e. The van der Waals surface area contributed by atoms with E-state index in [1.54, 1.807) is 47.3 Å². The van der Waals surface area contributed by atoms with Crippen molar-refractivity contribution >= 4 is 34.8 Å². The largest absolute Gasteiger partial charge is 0.324 e. The van der Waals surface area contributed by atoms with Crippen LogP contribution in [-0.4, -0.2) is 19.7 Å². The first-order chi connectivity index (χ1) is 13.5. The third-order valence-electron chi connectivity index (χ3n) is 4.09. The summed E-state index contributed by atoms with van der Waals surface area (Å²) in [6.07, 6.45) is 3.49. The number of hydrogen-bond donors (Lipinski definition) is 1.